The third kappa shape index (κ3) is 3.19. The van der Waals surface area contributed by atoms with Gasteiger partial charge in [0.05, 0.1) is 11.7 Å². The van der Waals surface area contributed by atoms with Gasteiger partial charge in [0.2, 0.25) is 0 Å². The lowest BCUT2D eigenvalue weighted by Gasteiger charge is -2.15. The molecule has 5 aromatic rings. The molecule has 0 saturated carbocycles. The molecule has 0 saturated heterocycles. The average molecular weight is 402 g/mol. The third-order valence-corrected chi connectivity index (χ3v) is 5.60. The summed E-state index contributed by atoms with van der Waals surface area (Å²) in [6, 6.07) is 8.24. The highest BCUT2D eigenvalue weighted by molar-refractivity contribution is 7.99. The standard InChI is InChI=1S/C20H18N8S/c1-26(2)18-6-7-21-17-5-4-15(8-16(17)18)29-20-19-22-9-13(12-28(19)25-24-20)14-10-23-27(3)11-14/h4-12H,1-3H3. The summed E-state index contributed by atoms with van der Waals surface area (Å²) in [6.45, 7) is 0. The van der Waals surface area contributed by atoms with Crippen molar-refractivity contribution in [2.24, 2.45) is 7.05 Å². The summed E-state index contributed by atoms with van der Waals surface area (Å²) in [5.74, 6) is 0. The van der Waals surface area contributed by atoms with Crippen molar-refractivity contribution in [2.45, 2.75) is 9.92 Å². The number of pyridine rings is 1. The van der Waals surface area contributed by atoms with E-state index in [0.717, 1.165) is 43.3 Å². The van der Waals surface area contributed by atoms with Crippen molar-refractivity contribution in [3.63, 3.8) is 0 Å². The molecule has 0 atom stereocenters. The summed E-state index contributed by atoms with van der Waals surface area (Å²) in [6.07, 6.45) is 9.34. The molecule has 4 aromatic heterocycles. The van der Waals surface area contributed by atoms with Crippen LogP contribution in [-0.2, 0) is 7.05 Å². The van der Waals surface area contributed by atoms with Gasteiger partial charge in [0, 0.05) is 73.0 Å². The quantitative estimate of drug-likeness (QED) is 0.456. The Balaban J connectivity index is 1.51. The lowest BCUT2D eigenvalue weighted by atomic mass is 10.2. The predicted octanol–water partition coefficient (Wildman–Crippen LogP) is 3.29. The van der Waals surface area contributed by atoms with Crippen LogP contribution in [0, 0.1) is 0 Å². The maximum Gasteiger partial charge on any atom is 0.189 e. The fraction of sp³-hybridized carbons (Fsp3) is 0.150. The molecule has 0 N–H and O–H groups in total. The molecule has 1 aromatic carbocycles. The van der Waals surface area contributed by atoms with Gasteiger partial charge in [-0.15, -0.1) is 5.10 Å². The zero-order chi connectivity index (χ0) is 20.0. The maximum absolute atomic E-state index is 4.59. The van der Waals surface area contributed by atoms with E-state index >= 15 is 0 Å². The number of aromatic nitrogens is 7. The lowest BCUT2D eigenvalue weighted by Crippen LogP contribution is -2.09. The molecule has 0 aliphatic rings. The zero-order valence-electron chi connectivity index (χ0n) is 16.2. The monoisotopic (exact) mass is 402 g/mol. The molecule has 0 spiro atoms. The highest BCUT2D eigenvalue weighted by atomic mass is 32.2. The van der Waals surface area contributed by atoms with Gasteiger partial charge in [0.25, 0.3) is 0 Å². The molecule has 29 heavy (non-hydrogen) atoms. The van der Waals surface area contributed by atoms with Crippen molar-refractivity contribution in [1.82, 2.24) is 34.6 Å². The van der Waals surface area contributed by atoms with Crippen molar-refractivity contribution in [3.05, 3.63) is 55.2 Å². The Bertz CT molecular complexity index is 1340. The molecule has 9 heteroatoms. The van der Waals surface area contributed by atoms with Crippen LogP contribution in [0.3, 0.4) is 0 Å². The Morgan fingerprint density at radius 3 is 2.66 bits per heavy atom. The Morgan fingerprint density at radius 1 is 1.00 bits per heavy atom. The molecule has 0 aliphatic heterocycles. The van der Waals surface area contributed by atoms with Gasteiger partial charge in [-0.2, -0.15) is 5.10 Å². The molecule has 0 amide bonds. The topological polar surface area (TPSA) is 77.0 Å². The van der Waals surface area contributed by atoms with E-state index in [1.807, 2.05) is 58.1 Å². The number of fused-ring (bicyclic) bond motifs is 2. The number of anilines is 1. The minimum absolute atomic E-state index is 0.724. The Kier molecular flexibility index (Phi) is 4.17. The second kappa shape index (κ2) is 6.85. The Morgan fingerprint density at radius 2 is 1.86 bits per heavy atom. The number of rotatable bonds is 4. The predicted molar refractivity (Wildman–Crippen MR) is 113 cm³/mol. The normalized spacial score (nSPS) is 11.4. The Hall–Kier alpha value is -3.46. The fourth-order valence-corrected chi connectivity index (χ4v) is 4.08. The summed E-state index contributed by atoms with van der Waals surface area (Å²) in [5.41, 5.74) is 4.75. The van der Waals surface area contributed by atoms with Crippen LogP contribution < -0.4 is 4.90 Å². The third-order valence-electron chi connectivity index (χ3n) is 4.65. The zero-order valence-corrected chi connectivity index (χ0v) is 17.0. The van der Waals surface area contributed by atoms with E-state index in [4.69, 9.17) is 0 Å². The van der Waals surface area contributed by atoms with Gasteiger partial charge >= 0.3 is 0 Å². The molecule has 8 nitrogen and oxygen atoms in total. The van der Waals surface area contributed by atoms with Crippen LogP contribution in [0.4, 0.5) is 5.69 Å². The van der Waals surface area contributed by atoms with Crippen LogP contribution in [-0.4, -0.2) is 48.7 Å². The summed E-state index contributed by atoms with van der Waals surface area (Å²) in [4.78, 5) is 12.2. The molecular weight excluding hydrogens is 384 g/mol. The van der Waals surface area contributed by atoms with E-state index in [0.29, 0.717) is 0 Å². The van der Waals surface area contributed by atoms with Gasteiger partial charge in [-0.3, -0.25) is 9.67 Å². The summed E-state index contributed by atoms with van der Waals surface area (Å²) in [5, 5.41) is 14.7. The van der Waals surface area contributed by atoms with Crippen LogP contribution >= 0.6 is 11.8 Å². The number of hydrogen-bond donors (Lipinski definition) is 0. The van der Waals surface area contributed by atoms with E-state index in [9.17, 15) is 0 Å². The molecular formula is C20H18N8S. The Labute approximate surface area is 171 Å². The minimum atomic E-state index is 0.724. The summed E-state index contributed by atoms with van der Waals surface area (Å²) < 4.78 is 3.47. The van der Waals surface area contributed by atoms with Crippen molar-refractivity contribution < 1.29 is 0 Å². The summed E-state index contributed by atoms with van der Waals surface area (Å²) in [7, 11) is 5.96. The number of aryl methyl sites for hydroxylation is 1. The van der Waals surface area contributed by atoms with Crippen LogP contribution in [0.1, 0.15) is 0 Å². The minimum Gasteiger partial charge on any atom is -0.377 e. The average Bonchev–Trinajstić information content (AvgIpc) is 3.33. The SMILES string of the molecule is CN(C)c1ccnc2ccc(Sc3nnn4cc(-c5cnn(C)c5)cnc34)cc12. The fourth-order valence-electron chi connectivity index (χ4n) is 3.23. The van der Waals surface area contributed by atoms with E-state index < -0.39 is 0 Å². The van der Waals surface area contributed by atoms with Crippen molar-refractivity contribution >= 4 is 34.0 Å². The van der Waals surface area contributed by atoms with Crippen molar-refractivity contribution in [1.29, 1.82) is 0 Å². The van der Waals surface area contributed by atoms with Crippen LogP contribution in [0.5, 0.6) is 0 Å². The molecule has 5 rings (SSSR count). The first-order valence-electron chi connectivity index (χ1n) is 9.02. The first-order valence-corrected chi connectivity index (χ1v) is 9.84. The van der Waals surface area contributed by atoms with E-state index in [1.165, 1.54) is 0 Å². The first-order chi connectivity index (χ1) is 14.1. The largest absolute Gasteiger partial charge is 0.377 e. The number of nitrogens with zero attached hydrogens (tertiary/aromatic N) is 8. The van der Waals surface area contributed by atoms with E-state index in [1.54, 1.807) is 27.2 Å². The van der Waals surface area contributed by atoms with E-state index in [-0.39, 0.29) is 0 Å². The maximum atomic E-state index is 4.59. The van der Waals surface area contributed by atoms with Crippen LogP contribution in [0.15, 0.2) is 65.2 Å². The van der Waals surface area contributed by atoms with Gasteiger partial charge in [-0.25, -0.2) is 9.50 Å². The second-order valence-corrected chi connectivity index (χ2v) is 7.98. The second-order valence-electron chi connectivity index (χ2n) is 6.91. The van der Waals surface area contributed by atoms with Gasteiger partial charge in [-0.1, -0.05) is 17.0 Å². The highest BCUT2D eigenvalue weighted by Gasteiger charge is 2.13. The molecule has 0 fully saturated rings. The molecule has 0 aliphatic carbocycles. The van der Waals surface area contributed by atoms with Crippen molar-refractivity contribution in [3.8, 4) is 11.1 Å². The van der Waals surface area contributed by atoms with Gasteiger partial charge in [0.15, 0.2) is 10.7 Å². The first kappa shape index (κ1) is 17.6. The van der Waals surface area contributed by atoms with Gasteiger partial charge in [-0.05, 0) is 24.3 Å². The molecule has 4 heterocycles. The summed E-state index contributed by atoms with van der Waals surface area (Å²) >= 11 is 1.55. The van der Waals surface area contributed by atoms with E-state index in [2.05, 4.69) is 42.4 Å². The highest BCUT2D eigenvalue weighted by Crippen LogP contribution is 2.33. The van der Waals surface area contributed by atoms with Crippen molar-refractivity contribution in [2.75, 3.05) is 19.0 Å². The molecule has 144 valence electrons. The molecule has 0 unspecified atom stereocenters. The van der Waals surface area contributed by atoms with Crippen LogP contribution in [0.25, 0.3) is 27.7 Å². The lowest BCUT2D eigenvalue weighted by molar-refractivity contribution is 0.768. The molecule has 0 bridgehead atoms. The smallest absolute Gasteiger partial charge is 0.189 e. The van der Waals surface area contributed by atoms with Gasteiger partial charge in [0.1, 0.15) is 0 Å². The number of hydrogen-bond acceptors (Lipinski definition) is 7. The molecule has 0 radical (unpaired) electrons. The number of benzene rings is 1. The van der Waals surface area contributed by atoms with Crippen LogP contribution in [0.2, 0.25) is 0 Å². The van der Waals surface area contributed by atoms with Gasteiger partial charge < -0.3 is 4.90 Å².